The number of rotatable bonds is 2. The van der Waals surface area contributed by atoms with E-state index in [0.717, 1.165) is 18.7 Å². The van der Waals surface area contributed by atoms with Crippen LogP contribution in [-0.4, -0.2) is 53.1 Å². The molecule has 0 spiro atoms. The van der Waals surface area contributed by atoms with Gasteiger partial charge < -0.3 is 15.5 Å². The van der Waals surface area contributed by atoms with Crippen LogP contribution in [0.2, 0.25) is 0 Å². The van der Waals surface area contributed by atoms with Gasteiger partial charge in [-0.1, -0.05) is 0 Å². The molecule has 1 atom stereocenters. The van der Waals surface area contributed by atoms with Crippen LogP contribution >= 0.6 is 0 Å². The summed E-state index contributed by atoms with van der Waals surface area (Å²) in [4.78, 5) is 25.2. The molecule has 1 saturated heterocycles. The molecule has 98 valence electrons. The average Bonchev–Trinajstić information content (AvgIpc) is 2.92. The average molecular weight is 251 g/mol. The van der Waals surface area contributed by atoms with E-state index in [1.807, 2.05) is 6.92 Å². The number of nitrogens with zero attached hydrogens (tertiary/aromatic N) is 2. The molecule has 0 radical (unpaired) electrons. The zero-order valence-corrected chi connectivity index (χ0v) is 10.3. The van der Waals surface area contributed by atoms with E-state index in [1.165, 1.54) is 0 Å². The molecule has 1 aliphatic rings. The number of carbonyl (C=O) groups is 2. The maximum absolute atomic E-state index is 11.9. The van der Waals surface area contributed by atoms with Crippen molar-refractivity contribution in [2.75, 3.05) is 26.2 Å². The second-order valence-corrected chi connectivity index (χ2v) is 4.27. The van der Waals surface area contributed by atoms with E-state index in [4.69, 9.17) is 0 Å². The second-order valence-electron chi connectivity index (χ2n) is 4.27. The Morgan fingerprint density at radius 3 is 2.78 bits per heavy atom. The lowest BCUT2D eigenvalue weighted by Crippen LogP contribution is -2.51. The van der Waals surface area contributed by atoms with E-state index < -0.39 is 11.8 Å². The maximum atomic E-state index is 11.9. The van der Waals surface area contributed by atoms with Gasteiger partial charge in [0, 0.05) is 37.9 Å². The Balaban J connectivity index is 1.89. The van der Waals surface area contributed by atoms with Crippen molar-refractivity contribution in [3.8, 4) is 0 Å². The molecule has 1 aromatic heterocycles. The first-order valence-electron chi connectivity index (χ1n) is 5.97. The van der Waals surface area contributed by atoms with Crippen LogP contribution in [0.15, 0.2) is 12.4 Å². The third-order valence-electron chi connectivity index (χ3n) is 2.97. The summed E-state index contributed by atoms with van der Waals surface area (Å²) in [5.41, 5.74) is 0.844. The predicted octanol–water partition coefficient (Wildman–Crippen LogP) is -0.981. The van der Waals surface area contributed by atoms with Crippen LogP contribution < -0.4 is 10.6 Å². The van der Waals surface area contributed by atoms with Crippen molar-refractivity contribution in [1.82, 2.24) is 25.7 Å². The molecule has 1 aliphatic heterocycles. The molecular formula is C11H17N5O2. The van der Waals surface area contributed by atoms with Crippen molar-refractivity contribution in [3.63, 3.8) is 0 Å². The zero-order chi connectivity index (χ0) is 13.0. The molecule has 2 rings (SSSR count). The number of aromatic amines is 1. The summed E-state index contributed by atoms with van der Waals surface area (Å²) in [5.74, 6) is -1.03. The summed E-state index contributed by atoms with van der Waals surface area (Å²) in [7, 11) is 0. The number of aromatic nitrogens is 2. The molecular weight excluding hydrogens is 234 g/mol. The van der Waals surface area contributed by atoms with Gasteiger partial charge in [-0.15, -0.1) is 0 Å². The van der Waals surface area contributed by atoms with Crippen LogP contribution in [0, 0.1) is 0 Å². The van der Waals surface area contributed by atoms with Crippen molar-refractivity contribution in [1.29, 1.82) is 0 Å². The van der Waals surface area contributed by atoms with Gasteiger partial charge in [0.25, 0.3) is 0 Å². The molecule has 0 aromatic carbocycles. The molecule has 18 heavy (non-hydrogen) atoms. The Morgan fingerprint density at radius 1 is 1.44 bits per heavy atom. The van der Waals surface area contributed by atoms with Gasteiger partial charge in [0.05, 0.1) is 12.2 Å². The molecule has 1 unspecified atom stereocenters. The number of piperazine rings is 1. The topological polar surface area (TPSA) is 90.1 Å². The largest absolute Gasteiger partial charge is 0.341 e. The molecule has 3 N–H and O–H groups in total. The summed E-state index contributed by atoms with van der Waals surface area (Å²) in [6.45, 7) is 4.43. The van der Waals surface area contributed by atoms with E-state index in [-0.39, 0.29) is 6.04 Å². The van der Waals surface area contributed by atoms with Gasteiger partial charge in [-0.2, -0.15) is 5.10 Å². The third-order valence-corrected chi connectivity index (χ3v) is 2.97. The Hall–Kier alpha value is -1.89. The number of nitrogens with one attached hydrogen (secondary N) is 3. The van der Waals surface area contributed by atoms with Gasteiger partial charge in [-0.05, 0) is 6.92 Å². The molecule has 7 nitrogen and oxygen atoms in total. The molecule has 0 aliphatic carbocycles. The van der Waals surface area contributed by atoms with Gasteiger partial charge >= 0.3 is 11.8 Å². The van der Waals surface area contributed by atoms with Crippen LogP contribution in [-0.2, 0) is 9.59 Å². The van der Waals surface area contributed by atoms with E-state index in [0.29, 0.717) is 13.1 Å². The summed E-state index contributed by atoms with van der Waals surface area (Å²) in [6, 6.07) is -0.233. The Morgan fingerprint density at radius 2 is 2.17 bits per heavy atom. The maximum Gasteiger partial charge on any atom is 0.311 e. The van der Waals surface area contributed by atoms with Gasteiger partial charge in [0.15, 0.2) is 0 Å². The third kappa shape index (κ3) is 2.86. The molecule has 7 heteroatoms. The van der Waals surface area contributed by atoms with Crippen molar-refractivity contribution in [3.05, 3.63) is 18.0 Å². The second kappa shape index (κ2) is 5.63. The van der Waals surface area contributed by atoms with Crippen molar-refractivity contribution in [2.45, 2.75) is 13.0 Å². The number of hydrogen-bond acceptors (Lipinski definition) is 4. The summed E-state index contributed by atoms with van der Waals surface area (Å²) >= 11 is 0. The van der Waals surface area contributed by atoms with Crippen LogP contribution in [0.4, 0.5) is 0 Å². The Labute approximate surface area is 105 Å². The normalized spacial score (nSPS) is 17.3. The number of H-pyrrole nitrogens is 1. The lowest BCUT2D eigenvalue weighted by molar-refractivity contribution is -0.146. The SMILES string of the molecule is CC(NC(=O)C(=O)N1CCNCC1)c1cn[nH]c1. The molecule has 2 heterocycles. The fourth-order valence-electron chi connectivity index (χ4n) is 1.85. The number of amides is 2. The van der Waals surface area contributed by atoms with Gasteiger partial charge in [0.2, 0.25) is 0 Å². The van der Waals surface area contributed by atoms with E-state index in [2.05, 4.69) is 20.8 Å². The van der Waals surface area contributed by atoms with Crippen molar-refractivity contribution in [2.24, 2.45) is 0 Å². The summed E-state index contributed by atoms with van der Waals surface area (Å²) in [5, 5.41) is 12.3. The standard InChI is InChI=1S/C11H17N5O2/c1-8(9-6-13-14-7-9)15-10(17)11(18)16-4-2-12-3-5-16/h6-8,12H,2-5H2,1H3,(H,13,14)(H,15,17). The smallest absolute Gasteiger partial charge is 0.311 e. The molecule has 1 fully saturated rings. The van der Waals surface area contributed by atoms with Crippen LogP contribution in [0.5, 0.6) is 0 Å². The minimum atomic E-state index is -0.564. The first kappa shape index (κ1) is 12.6. The van der Waals surface area contributed by atoms with E-state index in [1.54, 1.807) is 17.3 Å². The highest BCUT2D eigenvalue weighted by Gasteiger charge is 2.24. The highest BCUT2D eigenvalue weighted by molar-refractivity contribution is 6.35. The monoisotopic (exact) mass is 251 g/mol. The summed E-state index contributed by atoms with van der Waals surface area (Å²) < 4.78 is 0. The first-order chi connectivity index (χ1) is 8.68. The minimum Gasteiger partial charge on any atom is -0.341 e. The van der Waals surface area contributed by atoms with Crippen molar-refractivity contribution >= 4 is 11.8 Å². The fourth-order valence-corrected chi connectivity index (χ4v) is 1.85. The lowest BCUT2D eigenvalue weighted by Gasteiger charge is -2.27. The van der Waals surface area contributed by atoms with E-state index in [9.17, 15) is 9.59 Å². The van der Waals surface area contributed by atoms with E-state index >= 15 is 0 Å². The molecule has 2 amide bonds. The number of carbonyl (C=O) groups excluding carboxylic acids is 2. The Kier molecular flexibility index (Phi) is 3.93. The molecule has 0 bridgehead atoms. The predicted molar refractivity (Wildman–Crippen MR) is 64.6 cm³/mol. The minimum absolute atomic E-state index is 0.233. The fraction of sp³-hybridized carbons (Fsp3) is 0.545. The van der Waals surface area contributed by atoms with Crippen LogP contribution in [0.25, 0.3) is 0 Å². The highest BCUT2D eigenvalue weighted by atomic mass is 16.2. The quantitative estimate of drug-likeness (QED) is 0.589. The van der Waals surface area contributed by atoms with Crippen molar-refractivity contribution < 1.29 is 9.59 Å². The lowest BCUT2D eigenvalue weighted by atomic mass is 10.2. The number of hydrogen-bond donors (Lipinski definition) is 3. The molecule has 1 aromatic rings. The van der Waals surface area contributed by atoms with Crippen LogP contribution in [0.3, 0.4) is 0 Å². The van der Waals surface area contributed by atoms with Gasteiger partial charge in [-0.3, -0.25) is 14.7 Å². The van der Waals surface area contributed by atoms with Gasteiger partial charge in [-0.25, -0.2) is 0 Å². The first-order valence-corrected chi connectivity index (χ1v) is 5.97. The zero-order valence-electron chi connectivity index (χ0n) is 10.3. The highest BCUT2D eigenvalue weighted by Crippen LogP contribution is 2.09. The van der Waals surface area contributed by atoms with Crippen LogP contribution in [0.1, 0.15) is 18.5 Å². The Bertz CT molecular complexity index is 411. The van der Waals surface area contributed by atoms with Gasteiger partial charge in [0.1, 0.15) is 0 Å². The summed E-state index contributed by atoms with van der Waals surface area (Å²) in [6.07, 6.45) is 3.32. The molecule has 0 saturated carbocycles.